The number of hydrogen-bond acceptors (Lipinski definition) is 8. The topological polar surface area (TPSA) is 81.6 Å². The fourth-order valence-corrected chi connectivity index (χ4v) is 4.00. The molecule has 0 amide bonds. The van der Waals surface area contributed by atoms with Crippen LogP contribution < -0.4 is 4.90 Å². The van der Waals surface area contributed by atoms with Crippen molar-refractivity contribution in [2.45, 2.75) is 0 Å². The number of allylic oxidation sites excluding steroid dienone is 2. The Morgan fingerprint density at radius 3 is 2.56 bits per heavy atom. The van der Waals surface area contributed by atoms with E-state index in [1.807, 2.05) is 47.8 Å². The van der Waals surface area contributed by atoms with Crippen LogP contribution in [0.1, 0.15) is 0 Å². The molecule has 0 unspecified atom stereocenters. The first-order valence-corrected chi connectivity index (χ1v) is 10.5. The number of nitrogens with zero attached hydrogens (tertiary/aromatic N) is 3. The molecule has 0 fully saturated rings. The highest BCUT2D eigenvalue weighted by Gasteiger charge is 2.27. The molecule has 1 aliphatic heterocycles. The van der Waals surface area contributed by atoms with Gasteiger partial charge in [-0.05, 0) is 36.4 Å². The minimum Gasteiger partial charge on any atom is -0.465 e. The maximum absolute atomic E-state index is 12.6. The molecule has 4 rings (SSSR count). The number of carbonyl (C=O) groups is 2. The summed E-state index contributed by atoms with van der Waals surface area (Å²) in [4.78, 5) is 35.6. The van der Waals surface area contributed by atoms with Gasteiger partial charge in [-0.3, -0.25) is 4.98 Å². The van der Waals surface area contributed by atoms with E-state index in [1.165, 1.54) is 31.6 Å². The minimum atomic E-state index is -0.654. The SMILES string of the molecule is COC(=O)C1=C(C(=O)OC)N(c2cccc(-c3nc(-c4ccccn4)cs3)c2)C=CC=C1. The molecular formula is C24H19N3O4S. The molecule has 1 aliphatic rings. The van der Waals surface area contributed by atoms with Gasteiger partial charge in [-0.2, -0.15) is 0 Å². The van der Waals surface area contributed by atoms with Crippen molar-refractivity contribution in [2.24, 2.45) is 0 Å². The van der Waals surface area contributed by atoms with E-state index < -0.39 is 11.9 Å². The Kier molecular flexibility index (Phi) is 6.23. The minimum absolute atomic E-state index is 0.0646. The maximum atomic E-state index is 12.6. The average molecular weight is 446 g/mol. The molecule has 2 aromatic heterocycles. The number of rotatable bonds is 5. The van der Waals surface area contributed by atoms with Crippen LogP contribution in [-0.2, 0) is 19.1 Å². The Labute approximate surface area is 189 Å². The zero-order chi connectivity index (χ0) is 22.5. The van der Waals surface area contributed by atoms with Crippen LogP contribution in [0, 0.1) is 0 Å². The summed E-state index contributed by atoms with van der Waals surface area (Å²) >= 11 is 1.50. The van der Waals surface area contributed by atoms with Crippen LogP contribution in [0.3, 0.4) is 0 Å². The molecule has 3 heterocycles. The first-order valence-electron chi connectivity index (χ1n) is 9.64. The molecule has 0 atom stereocenters. The smallest absolute Gasteiger partial charge is 0.355 e. The standard InChI is InChI=1S/C24H19N3O4S/c1-30-23(28)18-10-4-6-13-27(21(18)24(29)31-2)17-9-7-8-16(14-17)22-26-20(15-32-22)19-11-3-5-12-25-19/h3-15H,1-2H3. The molecule has 0 N–H and O–H groups in total. The predicted molar refractivity (Wildman–Crippen MR) is 123 cm³/mol. The fraction of sp³-hybridized carbons (Fsp3) is 0.0833. The predicted octanol–water partition coefficient (Wildman–Crippen LogP) is 4.36. The molecule has 0 radical (unpaired) electrons. The second-order valence-electron chi connectivity index (χ2n) is 6.62. The molecule has 0 spiro atoms. The summed E-state index contributed by atoms with van der Waals surface area (Å²) < 4.78 is 9.83. The Morgan fingerprint density at radius 2 is 1.81 bits per heavy atom. The largest absolute Gasteiger partial charge is 0.465 e. The van der Waals surface area contributed by atoms with E-state index in [1.54, 1.807) is 29.4 Å². The van der Waals surface area contributed by atoms with E-state index in [9.17, 15) is 9.59 Å². The molecule has 0 saturated carbocycles. The van der Waals surface area contributed by atoms with E-state index in [2.05, 4.69) is 4.98 Å². The summed E-state index contributed by atoms with van der Waals surface area (Å²) in [6.07, 6.45) is 8.35. The molecule has 0 saturated heterocycles. The molecule has 1 aromatic carbocycles. The van der Waals surface area contributed by atoms with E-state index in [4.69, 9.17) is 14.5 Å². The first-order chi connectivity index (χ1) is 15.6. The molecular weight excluding hydrogens is 426 g/mol. The van der Waals surface area contributed by atoms with Gasteiger partial charge in [-0.1, -0.05) is 24.3 Å². The molecule has 0 aliphatic carbocycles. The monoisotopic (exact) mass is 445 g/mol. The highest BCUT2D eigenvalue weighted by Crippen LogP contribution is 2.33. The number of carbonyl (C=O) groups excluding carboxylic acids is 2. The van der Waals surface area contributed by atoms with Gasteiger partial charge in [-0.15, -0.1) is 11.3 Å². The van der Waals surface area contributed by atoms with Crippen LogP contribution in [0.5, 0.6) is 0 Å². The Morgan fingerprint density at radius 1 is 0.969 bits per heavy atom. The molecule has 0 bridgehead atoms. The number of aromatic nitrogens is 2. The number of ether oxygens (including phenoxy) is 2. The number of pyridine rings is 1. The Bertz CT molecular complexity index is 1240. The van der Waals surface area contributed by atoms with Gasteiger partial charge in [-0.25, -0.2) is 14.6 Å². The lowest BCUT2D eigenvalue weighted by Crippen LogP contribution is -2.26. The highest BCUT2D eigenvalue weighted by molar-refractivity contribution is 7.13. The number of thiazole rings is 1. The van der Waals surface area contributed by atoms with Crippen molar-refractivity contribution in [3.8, 4) is 22.0 Å². The van der Waals surface area contributed by atoms with Crippen LogP contribution in [0.2, 0.25) is 0 Å². The quantitative estimate of drug-likeness (QED) is 0.540. The second kappa shape index (κ2) is 9.40. The fourth-order valence-electron chi connectivity index (χ4n) is 3.19. The molecule has 160 valence electrons. The van der Waals surface area contributed by atoms with Gasteiger partial charge in [0, 0.05) is 29.0 Å². The summed E-state index contributed by atoms with van der Waals surface area (Å²) in [5.41, 5.74) is 3.28. The molecule has 32 heavy (non-hydrogen) atoms. The van der Waals surface area contributed by atoms with Gasteiger partial charge >= 0.3 is 11.9 Å². The third-order valence-corrected chi connectivity index (χ3v) is 5.58. The van der Waals surface area contributed by atoms with Gasteiger partial charge in [0.25, 0.3) is 0 Å². The van der Waals surface area contributed by atoms with Crippen molar-refractivity contribution in [3.05, 3.63) is 89.7 Å². The second-order valence-corrected chi connectivity index (χ2v) is 7.48. The zero-order valence-corrected chi connectivity index (χ0v) is 18.2. The summed E-state index contributed by atoms with van der Waals surface area (Å²) in [7, 11) is 2.54. The zero-order valence-electron chi connectivity index (χ0n) is 17.4. The van der Waals surface area contributed by atoms with Crippen LogP contribution >= 0.6 is 11.3 Å². The van der Waals surface area contributed by atoms with E-state index >= 15 is 0 Å². The summed E-state index contributed by atoms with van der Waals surface area (Å²) in [6.45, 7) is 0. The maximum Gasteiger partial charge on any atom is 0.355 e. The van der Waals surface area contributed by atoms with Crippen molar-refractivity contribution in [1.82, 2.24) is 9.97 Å². The van der Waals surface area contributed by atoms with Crippen LogP contribution in [-0.4, -0.2) is 36.1 Å². The number of benzene rings is 1. The Balaban J connectivity index is 1.76. The third kappa shape index (κ3) is 4.21. The summed E-state index contributed by atoms with van der Waals surface area (Å²) in [5.74, 6) is -1.29. The van der Waals surface area contributed by atoms with Crippen LogP contribution in [0.25, 0.3) is 22.0 Å². The van der Waals surface area contributed by atoms with Crippen molar-refractivity contribution in [3.63, 3.8) is 0 Å². The van der Waals surface area contributed by atoms with Gasteiger partial charge in [0.1, 0.15) is 16.4 Å². The highest BCUT2D eigenvalue weighted by atomic mass is 32.1. The Hall–Kier alpha value is -4.04. The number of anilines is 1. The number of esters is 2. The number of methoxy groups -OCH3 is 2. The first kappa shape index (κ1) is 21.2. The van der Waals surface area contributed by atoms with Gasteiger partial charge in [0.05, 0.1) is 25.5 Å². The average Bonchev–Trinajstić information content (AvgIpc) is 3.24. The van der Waals surface area contributed by atoms with Gasteiger partial charge in [0.15, 0.2) is 0 Å². The lowest BCUT2D eigenvalue weighted by atomic mass is 10.1. The van der Waals surface area contributed by atoms with Gasteiger partial charge in [0.2, 0.25) is 0 Å². The van der Waals surface area contributed by atoms with Crippen LogP contribution in [0.15, 0.2) is 89.7 Å². The normalized spacial score (nSPS) is 13.1. The van der Waals surface area contributed by atoms with Gasteiger partial charge < -0.3 is 14.4 Å². The van der Waals surface area contributed by atoms with E-state index in [0.29, 0.717) is 5.69 Å². The molecule has 8 heteroatoms. The molecule has 3 aromatic rings. The summed E-state index contributed by atoms with van der Waals surface area (Å²) in [5, 5.41) is 2.76. The number of hydrogen-bond donors (Lipinski definition) is 0. The van der Waals surface area contributed by atoms with Crippen molar-refractivity contribution >= 4 is 29.0 Å². The lowest BCUT2D eigenvalue weighted by Gasteiger charge is -2.23. The van der Waals surface area contributed by atoms with Crippen LogP contribution in [0.4, 0.5) is 5.69 Å². The van der Waals surface area contributed by atoms with Crippen molar-refractivity contribution in [2.75, 3.05) is 19.1 Å². The van der Waals surface area contributed by atoms with E-state index in [0.717, 1.165) is 22.0 Å². The van der Waals surface area contributed by atoms with Crippen molar-refractivity contribution < 1.29 is 19.1 Å². The third-order valence-electron chi connectivity index (χ3n) is 4.69. The lowest BCUT2D eigenvalue weighted by molar-refractivity contribution is -0.139. The molecule has 7 nitrogen and oxygen atoms in total. The van der Waals surface area contributed by atoms with E-state index in [-0.39, 0.29) is 11.3 Å². The van der Waals surface area contributed by atoms with Crippen molar-refractivity contribution in [1.29, 1.82) is 0 Å². The summed E-state index contributed by atoms with van der Waals surface area (Å²) in [6, 6.07) is 13.2.